The van der Waals surface area contributed by atoms with Crippen LogP contribution in [0.2, 0.25) is 0 Å². The van der Waals surface area contributed by atoms with Gasteiger partial charge in [-0.1, -0.05) is 0 Å². The summed E-state index contributed by atoms with van der Waals surface area (Å²) in [6.07, 6.45) is -10.3. The van der Waals surface area contributed by atoms with Crippen LogP contribution in [0.15, 0.2) is 18.2 Å². The number of nitrogens with zero attached hydrogens (tertiary/aromatic N) is 2. The summed E-state index contributed by atoms with van der Waals surface area (Å²) in [5, 5.41) is 3.01. The second kappa shape index (κ2) is 4.26. The minimum Gasteiger partial charge on any atom is -0.166 e. The summed E-state index contributed by atoms with van der Waals surface area (Å²) in [6, 6.07) is 3.43. The van der Waals surface area contributed by atoms with E-state index in [4.69, 9.17) is 0 Å². The van der Waals surface area contributed by atoms with E-state index in [1.807, 2.05) is 0 Å². The first kappa shape index (κ1) is 13.9. The first-order chi connectivity index (χ1) is 8.59. The zero-order valence-corrected chi connectivity index (χ0v) is 10.1. The van der Waals surface area contributed by atoms with Gasteiger partial charge in [0.05, 0.1) is 4.88 Å². The molecule has 0 saturated heterocycles. The van der Waals surface area contributed by atoms with Crippen LogP contribution in [0.4, 0.5) is 26.3 Å². The summed E-state index contributed by atoms with van der Waals surface area (Å²) < 4.78 is 74.3. The predicted octanol–water partition coefficient (Wildman–Crippen LogP) is 4.42. The van der Waals surface area contributed by atoms with Gasteiger partial charge in [0.15, 0.2) is 5.69 Å². The Hall–Kier alpha value is -1.51. The van der Waals surface area contributed by atoms with Crippen molar-refractivity contribution in [2.75, 3.05) is 0 Å². The Bertz CT molecular complexity index is 560. The largest absolute Gasteiger partial charge is 0.505 e. The number of aryl methyl sites for hydroxylation is 1. The van der Waals surface area contributed by atoms with E-state index in [1.54, 1.807) is 13.0 Å². The second-order valence-corrected chi connectivity index (χ2v) is 4.99. The van der Waals surface area contributed by atoms with Gasteiger partial charge in [0.1, 0.15) is 5.69 Å². The zero-order valence-electron chi connectivity index (χ0n) is 9.30. The third-order valence-electron chi connectivity index (χ3n) is 2.23. The first-order valence-electron chi connectivity index (χ1n) is 4.90. The molecule has 0 amide bonds. The van der Waals surface area contributed by atoms with Crippen molar-refractivity contribution in [3.8, 4) is 10.6 Å². The molecule has 0 spiro atoms. The Morgan fingerprint density at radius 3 is 2.11 bits per heavy atom. The molecule has 0 aliphatic rings. The zero-order chi connectivity index (χ0) is 14.4. The number of halogens is 6. The molecule has 0 N–H and O–H groups in total. The molecule has 0 radical (unpaired) electrons. The summed E-state index contributed by atoms with van der Waals surface area (Å²) in [7, 11) is 0. The maximum absolute atomic E-state index is 12.6. The van der Waals surface area contributed by atoms with Crippen LogP contribution in [0.3, 0.4) is 0 Å². The maximum atomic E-state index is 12.6. The van der Waals surface area contributed by atoms with Crippen molar-refractivity contribution < 1.29 is 26.3 Å². The fraction of sp³-hybridized carbons (Fsp3) is 0.300. The van der Waals surface area contributed by atoms with Gasteiger partial charge < -0.3 is 0 Å². The van der Waals surface area contributed by atoms with Crippen molar-refractivity contribution in [2.24, 2.45) is 0 Å². The summed E-state index contributed by atoms with van der Waals surface area (Å²) in [5.74, 6) is 0. The number of hydrogen-bond acceptors (Lipinski definition) is 2. The molecular weight excluding hydrogens is 294 g/mol. The summed E-state index contributed by atoms with van der Waals surface area (Å²) in [6.45, 7) is 1.69. The van der Waals surface area contributed by atoms with E-state index in [2.05, 4.69) is 5.10 Å². The second-order valence-electron chi connectivity index (χ2n) is 3.70. The Kier molecular flexibility index (Phi) is 3.12. The van der Waals surface area contributed by atoms with Crippen LogP contribution in [0.5, 0.6) is 0 Å². The smallest absolute Gasteiger partial charge is 0.166 e. The van der Waals surface area contributed by atoms with E-state index < -0.39 is 22.9 Å². The quantitative estimate of drug-likeness (QED) is 0.713. The molecule has 0 atom stereocenters. The lowest BCUT2D eigenvalue weighted by Gasteiger charge is -2.12. The van der Waals surface area contributed by atoms with E-state index >= 15 is 0 Å². The lowest BCUT2D eigenvalue weighted by atomic mass is 10.3. The normalized spacial score (nSPS) is 13.0. The molecule has 0 unspecified atom stereocenters. The molecule has 0 saturated carbocycles. The van der Waals surface area contributed by atoms with Crippen LogP contribution in [-0.2, 0) is 12.5 Å². The van der Waals surface area contributed by atoms with Crippen molar-refractivity contribution in [2.45, 2.75) is 19.4 Å². The number of alkyl halides is 6. The molecule has 2 aromatic rings. The fourth-order valence-corrected chi connectivity index (χ4v) is 2.29. The van der Waals surface area contributed by atoms with Gasteiger partial charge in [0, 0.05) is 4.88 Å². The van der Waals surface area contributed by atoms with Gasteiger partial charge in [0.25, 0.3) is 0 Å². The van der Waals surface area contributed by atoms with E-state index in [0.29, 0.717) is 6.07 Å². The monoisotopic (exact) mass is 300 g/mol. The molecule has 2 aromatic heterocycles. The van der Waals surface area contributed by atoms with Crippen molar-refractivity contribution in [1.82, 2.24) is 9.78 Å². The van der Waals surface area contributed by atoms with Gasteiger partial charge in [-0.2, -0.15) is 23.0 Å². The lowest BCUT2D eigenvalue weighted by molar-refractivity contribution is -0.229. The SMILES string of the molecule is Cc1ccc(-c2cc(C(F)(F)F)n(C(F)(F)F)n2)s1. The van der Waals surface area contributed by atoms with Gasteiger partial charge >= 0.3 is 12.5 Å². The topological polar surface area (TPSA) is 17.8 Å². The highest BCUT2D eigenvalue weighted by Crippen LogP contribution is 2.38. The third-order valence-corrected chi connectivity index (χ3v) is 3.26. The highest BCUT2D eigenvalue weighted by Gasteiger charge is 2.44. The molecule has 0 fully saturated rings. The van der Waals surface area contributed by atoms with Crippen molar-refractivity contribution in [3.05, 3.63) is 28.8 Å². The van der Waals surface area contributed by atoms with Crippen LogP contribution in [-0.4, -0.2) is 9.78 Å². The number of thiophene rings is 1. The van der Waals surface area contributed by atoms with Crippen molar-refractivity contribution in [1.29, 1.82) is 0 Å². The Labute approximate surface area is 107 Å². The maximum Gasteiger partial charge on any atom is 0.505 e. The fourth-order valence-electron chi connectivity index (χ4n) is 1.47. The molecule has 2 rings (SSSR count). The van der Waals surface area contributed by atoms with E-state index in [1.165, 1.54) is 6.07 Å². The van der Waals surface area contributed by atoms with E-state index in [9.17, 15) is 26.3 Å². The molecule has 2 heterocycles. The van der Waals surface area contributed by atoms with Crippen molar-refractivity contribution in [3.63, 3.8) is 0 Å². The van der Waals surface area contributed by atoms with Crippen LogP contribution < -0.4 is 0 Å². The number of aromatic nitrogens is 2. The minimum absolute atomic E-state index is 0.256. The van der Waals surface area contributed by atoms with Crippen molar-refractivity contribution >= 4 is 11.3 Å². The predicted molar refractivity (Wildman–Crippen MR) is 56.6 cm³/mol. The van der Waals surface area contributed by atoms with Crippen LogP contribution >= 0.6 is 11.3 Å². The van der Waals surface area contributed by atoms with E-state index in [-0.39, 0.29) is 10.6 Å². The number of rotatable bonds is 1. The van der Waals surface area contributed by atoms with Gasteiger partial charge in [-0.05, 0) is 25.1 Å². The van der Waals surface area contributed by atoms with E-state index in [0.717, 1.165) is 16.2 Å². The number of hydrogen-bond donors (Lipinski definition) is 0. The van der Waals surface area contributed by atoms with Crippen LogP contribution in [0.25, 0.3) is 10.6 Å². The van der Waals surface area contributed by atoms with Crippen LogP contribution in [0.1, 0.15) is 10.6 Å². The highest BCUT2D eigenvalue weighted by molar-refractivity contribution is 7.15. The van der Waals surface area contributed by atoms with Gasteiger partial charge in [0.2, 0.25) is 0 Å². The molecule has 0 aromatic carbocycles. The molecular formula is C10H6F6N2S. The molecule has 104 valence electrons. The molecule has 0 bridgehead atoms. The molecule has 0 aliphatic carbocycles. The molecule has 0 aliphatic heterocycles. The summed E-state index contributed by atoms with van der Waals surface area (Å²) in [5.41, 5.74) is -2.18. The Morgan fingerprint density at radius 1 is 1.11 bits per heavy atom. The average Bonchev–Trinajstić information content (AvgIpc) is 2.79. The van der Waals surface area contributed by atoms with Gasteiger partial charge in [-0.15, -0.1) is 24.5 Å². The standard InChI is InChI=1S/C10H6F6N2S/c1-5-2-3-7(19-5)6-4-8(9(11,12)13)18(17-6)10(14,15)16/h2-4H,1H3. The average molecular weight is 300 g/mol. The van der Waals surface area contributed by atoms with Gasteiger partial charge in [-0.3, -0.25) is 0 Å². The Balaban J connectivity index is 2.58. The summed E-state index contributed by atoms with van der Waals surface area (Å²) in [4.78, 5) is 1.02. The molecule has 19 heavy (non-hydrogen) atoms. The third kappa shape index (κ3) is 2.75. The van der Waals surface area contributed by atoms with Gasteiger partial charge in [-0.25, -0.2) is 0 Å². The minimum atomic E-state index is -5.21. The summed E-state index contributed by atoms with van der Waals surface area (Å²) >= 11 is 1.07. The Morgan fingerprint density at radius 2 is 1.74 bits per heavy atom. The molecule has 2 nitrogen and oxygen atoms in total. The van der Waals surface area contributed by atoms with Crippen LogP contribution in [0, 0.1) is 6.92 Å². The highest BCUT2D eigenvalue weighted by atomic mass is 32.1. The molecule has 9 heteroatoms. The lowest BCUT2D eigenvalue weighted by Crippen LogP contribution is -2.25. The first-order valence-corrected chi connectivity index (χ1v) is 5.72.